The fourth-order valence-corrected chi connectivity index (χ4v) is 3.34. The van der Waals surface area contributed by atoms with Crippen molar-refractivity contribution in [3.63, 3.8) is 0 Å². The lowest BCUT2D eigenvalue weighted by molar-refractivity contribution is 0.0862. The molecule has 1 fully saturated rings. The van der Waals surface area contributed by atoms with E-state index in [0.29, 0.717) is 0 Å². The van der Waals surface area contributed by atoms with Gasteiger partial charge in [0.2, 0.25) is 0 Å². The van der Waals surface area contributed by atoms with E-state index in [-0.39, 0.29) is 18.2 Å². The Morgan fingerprint density at radius 2 is 2.19 bits per heavy atom. The van der Waals surface area contributed by atoms with Crippen LogP contribution in [0.15, 0.2) is 12.1 Å². The van der Waals surface area contributed by atoms with Crippen LogP contribution in [0.5, 0.6) is 0 Å². The molecule has 1 aliphatic carbocycles. The summed E-state index contributed by atoms with van der Waals surface area (Å²) in [7, 11) is 0. The normalized spacial score (nSPS) is 27.9. The van der Waals surface area contributed by atoms with Gasteiger partial charge in [-0.05, 0) is 31.9 Å². The summed E-state index contributed by atoms with van der Waals surface area (Å²) >= 11 is 7.52. The molecule has 0 saturated heterocycles. The fraction of sp³-hybridized carbons (Fsp3) is 0.667. The van der Waals surface area contributed by atoms with Gasteiger partial charge in [-0.15, -0.1) is 11.3 Å². The van der Waals surface area contributed by atoms with Gasteiger partial charge >= 0.3 is 0 Å². The lowest BCUT2D eigenvalue weighted by Gasteiger charge is -2.30. The van der Waals surface area contributed by atoms with Gasteiger partial charge in [0.05, 0.1) is 10.4 Å². The Balaban J connectivity index is 1.93. The number of aliphatic hydroxyl groups excluding tert-OH is 1. The van der Waals surface area contributed by atoms with E-state index >= 15 is 0 Å². The molecule has 1 heterocycles. The predicted molar refractivity (Wildman–Crippen MR) is 69.1 cm³/mol. The van der Waals surface area contributed by atoms with Gasteiger partial charge in [-0.2, -0.15) is 0 Å². The van der Waals surface area contributed by atoms with Crippen molar-refractivity contribution < 1.29 is 5.11 Å². The number of rotatable bonds is 3. The molecular weight excluding hydrogens is 242 g/mol. The minimum atomic E-state index is -0.188. The third-order valence-electron chi connectivity index (χ3n) is 3.21. The van der Waals surface area contributed by atoms with Crippen LogP contribution in [0.1, 0.15) is 43.5 Å². The zero-order valence-electron chi connectivity index (χ0n) is 9.45. The lowest BCUT2D eigenvalue weighted by Crippen LogP contribution is -2.42. The Hall–Kier alpha value is -0.0900. The van der Waals surface area contributed by atoms with Crippen molar-refractivity contribution >= 4 is 22.9 Å². The molecule has 1 aliphatic rings. The Labute approximate surface area is 106 Å². The van der Waals surface area contributed by atoms with Crippen LogP contribution in [0.25, 0.3) is 0 Å². The number of aliphatic hydroxyl groups is 1. The largest absolute Gasteiger partial charge is 0.392 e. The second-order valence-electron chi connectivity index (χ2n) is 4.49. The first-order valence-corrected chi connectivity index (χ1v) is 7.05. The van der Waals surface area contributed by atoms with E-state index in [2.05, 4.69) is 18.3 Å². The smallest absolute Gasteiger partial charge is 0.0931 e. The van der Waals surface area contributed by atoms with Crippen LogP contribution in [0.4, 0.5) is 0 Å². The van der Waals surface area contributed by atoms with Crippen LogP contribution >= 0.6 is 22.9 Å². The first kappa shape index (κ1) is 12.4. The van der Waals surface area contributed by atoms with E-state index in [0.717, 1.165) is 23.6 Å². The molecule has 0 radical (unpaired) electrons. The second-order valence-corrected chi connectivity index (χ2v) is 6.24. The molecule has 0 spiro atoms. The van der Waals surface area contributed by atoms with E-state index in [4.69, 9.17) is 11.6 Å². The topological polar surface area (TPSA) is 32.3 Å². The highest BCUT2D eigenvalue weighted by Crippen LogP contribution is 2.28. The average Bonchev–Trinajstić information content (AvgIpc) is 2.68. The molecule has 90 valence electrons. The van der Waals surface area contributed by atoms with Gasteiger partial charge < -0.3 is 10.4 Å². The van der Waals surface area contributed by atoms with Crippen molar-refractivity contribution in [1.82, 2.24) is 5.32 Å². The lowest BCUT2D eigenvalue weighted by atomic mass is 9.92. The van der Waals surface area contributed by atoms with Crippen LogP contribution in [0, 0.1) is 0 Å². The maximum absolute atomic E-state index is 9.88. The fourth-order valence-electron chi connectivity index (χ4n) is 2.27. The number of hydrogen-bond donors (Lipinski definition) is 2. The standard InChI is InChI=1S/C12H18ClNOS/c1-8(11-6-7-12(13)16-11)14-9-4-2-3-5-10(9)15/h6-10,14-15H,2-5H2,1H3/t8?,9-,10-/m0/s1. The summed E-state index contributed by atoms with van der Waals surface area (Å²) in [5.41, 5.74) is 0. The molecule has 0 bridgehead atoms. The van der Waals surface area contributed by atoms with Crippen molar-refractivity contribution in [3.8, 4) is 0 Å². The minimum absolute atomic E-state index is 0.188. The number of thiophene rings is 1. The molecular formula is C12H18ClNOS. The second kappa shape index (κ2) is 5.50. The third kappa shape index (κ3) is 2.98. The molecule has 1 aromatic rings. The molecule has 3 atom stereocenters. The maximum Gasteiger partial charge on any atom is 0.0931 e. The van der Waals surface area contributed by atoms with Crippen molar-refractivity contribution in [3.05, 3.63) is 21.3 Å². The minimum Gasteiger partial charge on any atom is -0.392 e. The van der Waals surface area contributed by atoms with Gasteiger partial charge in [-0.25, -0.2) is 0 Å². The highest BCUT2D eigenvalue weighted by atomic mass is 35.5. The maximum atomic E-state index is 9.88. The van der Waals surface area contributed by atoms with Crippen LogP contribution in [-0.2, 0) is 0 Å². The van der Waals surface area contributed by atoms with Crippen LogP contribution in [-0.4, -0.2) is 17.3 Å². The summed E-state index contributed by atoms with van der Waals surface area (Å²) in [6, 6.07) is 4.50. The summed E-state index contributed by atoms with van der Waals surface area (Å²) in [6.07, 6.45) is 4.18. The molecule has 0 amide bonds. The summed E-state index contributed by atoms with van der Waals surface area (Å²) in [4.78, 5) is 1.24. The average molecular weight is 260 g/mol. The predicted octanol–water partition coefficient (Wildman–Crippen LogP) is 3.36. The van der Waals surface area contributed by atoms with E-state index in [9.17, 15) is 5.11 Å². The first-order chi connectivity index (χ1) is 7.66. The Bertz CT molecular complexity index is 342. The monoisotopic (exact) mass is 259 g/mol. The highest BCUT2D eigenvalue weighted by Gasteiger charge is 2.24. The van der Waals surface area contributed by atoms with Crippen LogP contribution in [0.2, 0.25) is 4.34 Å². The summed E-state index contributed by atoms with van der Waals surface area (Å²) < 4.78 is 0.827. The SMILES string of the molecule is CC(N[C@H]1CCCC[C@@H]1O)c1ccc(Cl)s1. The zero-order chi connectivity index (χ0) is 11.5. The van der Waals surface area contributed by atoms with Crippen LogP contribution in [0.3, 0.4) is 0 Å². The molecule has 2 nitrogen and oxygen atoms in total. The number of hydrogen-bond acceptors (Lipinski definition) is 3. The summed E-state index contributed by atoms with van der Waals surface area (Å²) in [5.74, 6) is 0. The Kier molecular flexibility index (Phi) is 4.25. The Morgan fingerprint density at radius 1 is 1.44 bits per heavy atom. The van der Waals surface area contributed by atoms with Crippen LogP contribution < -0.4 is 5.32 Å². The molecule has 1 saturated carbocycles. The van der Waals surface area contributed by atoms with Crippen molar-refractivity contribution in [1.29, 1.82) is 0 Å². The van der Waals surface area contributed by atoms with E-state index in [1.807, 2.05) is 6.07 Å². The molecule has 0 aromatic carbocycles. The molecule has 2 N–H and O–H groups in total. The highest BCUT2D eigenvalue weighted by molar-refractivity contribution is 7.16. The van der Waals surface area contributed by atoms with E-state index in [1.54, 1.807) is 11.3 Å². The van der Waals surface area contributed by atoms with E-state index < -0.39 is 0 Å². The third-order valence-corrected chi connectivity index (χ3v) is 4.63. The van der Waals surface area contributed by atoms with E-state index in [1.165, 1.54) is 11.3 Å². The Morgan fingerprint density at radius 3 is 2.81 bits per heavy atom. The molecule has 4 heteroatoms. The molecule has 0 aliphatic heterocycles. The number of halogens is 1. The van der Waals surface area contributed by atoms with Crippen molar-refractivity contribution in [2.45, 2.75) is 50.8 Å². The number of nitrogens with one attached hydrogen (secondary N) is 1. The van der Waals surface area contributed by atoms with Gasteiger partial charge in [0, 0.05) is 17.0 Å². The van der Waals surface area contributed by atoms with Gasteiger partial charge in [-0.1, -0.05) is 24.4 Å². The molecule has 2 rings (SSSR count). The summed E-state index contributed by atoms with van der Waals surface area (Å²) in [6.45, 7) is 2.13. The van der Waals surface area contributed by atoms with Crippen molar-refractivity contribution in [2.24, 2.45) is 0 Å². The first-order valence-electron chi connectivity index (χ1n) is 5.86. The quantitative estimate of drug-likeness (QED) is 0.873. The van der Waals surface area contributed by atoms with Crippen molar-refractivity contribution in [2.75, 3.05) is 0 Å². The zero-order valence-corrected chi connectivity index (χ0v) is 11.0. The van der Waals surface area contributed by atoms with Gasteiger partial charge in [0.25, 0.3) is 0 Å². The molecule has 1 unspecified atom stereocenters. The summed E-state index contributed by atoms with van der Waals surface area (Å²) in [5, 5.41) is 13.4. The molecule has 16 heavy (non-hydrogen) atoms. The van der Waals surface area contributed by atoms with Gasteiger partial charge in [0.1, 0.15) is 0 Å². The van der Waals surface area contributed by atoms with Gasteiger partial charge in [0.15, 0.2) is 0 Å². The molecule has 1 aromatic heterocycles. The van der Waals surface area contributed by atoms with Gasteiger partial charge in [-0.3, -0.25) is 0 Å².